The van der Waals surface area contributed by atoms with Crippen LogP contribution in [0.4, 0.5) is 5.69 Å². The van der Waals surface area contributed by atoms with Crippen LogP contribution < -0.4 is 11.1 Å². The van der Waals surface area contributed by atoms with Gasteiger partial charge in [-0.15, -0.1) is 10.2 Å². The molecule has 0 fully saturated rings. The summed E-state index contributed by atoms with van der Waals surface area (Å²) in [6.07, 6.45) is 1.95. The van der Waals surface area contributed by atoms with Gasteiger partial charge in [0.1, 0.15) is 0 Å². The SMILES string of the molecule is CNC(=O)c1ccc(N)cc1Sc1nnc(SC)s1. The Kier molecular flexibility index (Phi) is 4.67. The van der Waals surface area contributed by atoms with Crippen molar-refractivity contribution in [3.63, 3.8) is 0 Å². The first-order valence-electron chi connectivity index (χ1n) is 5.31. The lowest BCUT2D eigenvalue weighted by molar-refractivity contribution is 0.0960. The van der Waals surface area contributed by atoms with Crippen molar-refractivity contribution >= 4 is 46.5 Å². The summed E-state index contributed by atoms with van der Waals surface area (Å²) in [5, 5.41) is 10.7. The number of amides is 1. The first-order chi connectivity index (χ1) is 9.13. The van der Waals surface area contributed by atoms with Crippen LogP contribution in [0.1, 0.15) is 10.4 Å². The number of hydrogen-bond donors (Lipinski definition) is 2. The molecule has 0 spiro atoms. The zero-order valence-corrected chi connectivity index (χ0v) is 12.8. The van der Waals surface area contributed by atoms with Crippen molar-refractivity contribution in [2.24, 2.45) is 0 Å². The largest absolute Gasteiger partial charge is 0.399 e. The molecule has 0 unspecified atom stereocenters. The van der Waals surface area contributed by atoms with Crippen molar-refractivity contribution in [3.05, 3.63) is 23.8 Å². The lowest BCUT2D eigenvalue weighted by atomic mass is 10.2. The molecule has 100 valence electrons. The van der Waals surface area contributed by atoms with Crippen molar-refractivity contribution in [3.8, 4) is 0 Å². The Bertz CT molecular complexity index is 599. The average Bonchev–Trinajstić information content (AvgIpc) is 2.86. The molecule has 8 heteroatoms. The normalized spacial score (nSPS) is 10.4. The number of thioether (sulfide) groups is 1. The molecular formula is C11H12N4OS3. The van der Waals surface area contributed by atoms with E-state index in [4.69, 9.17) is 5.73 Å². The molecule has 1 aromatic carbocycles. The van der Waals surface area contributed by atoms with Gasteiger partial charge < -0.3 is 11.1 Å². The highest BCUT2D eigenvalue weighted by atomic mass is 32.2. The van der Waals surface area contributed by atoms with Gasteiger partial charge in [0, 0.05) is 17.6 Å². The van der Waals surface area contributed by atoms with Gasteiger partial charge in [-0.05, 0) is 24.5 Å². The lowest BCUT2D eigenvalue weighted by Crippen LogP contribution is -2.18. The zero-order valence-electron chi connectivity index (χ0n) is 10.3. The molecule has 1 heterocycles. The second-order valence-corrected chi connectivity index (χ2v) is 6.79. The summed E-state index contributed by atoms with van der Waals surface area (Å²) in [4.78, 5) is 12.6. The summed E-state index contributed by atoms with van der Waals surface area (Å²) < 4.78 is 1.69. The maximum absolute atomic E-state index is 11.8. The minimum absolute atomic E-state index is 0.142. The third-order valence-corrected chi connectivity index (χ3v) is 5.24. The summed E-state index contributed by atoms with van der Waals surface area (Å²) >= 11 is 4.44. The summed E-state index contributed by atoms with van der Waals surface area (Å²) in [7, 11) is 1.60. The first kappa shape index (κ1) is 14.2. The van der Waals surface area contributed by atoms with E-state index < -0.39 is 0 Å². The second-order valence-electron chi connectivity index (χ2n) is 3.47. The number of benzene rings is 1. The maximum atomic E-state index is 11.8. The van der Waals surface area contributed by atoms with Gasteiger partial charge in [0.2, 0.25) is 0 Å². The zero-order chi connectivity index (χ0) is 13.8. The Morgan fingerprint density at radius 3 is 2.74 bits per heavy atom. The molecule has 0 aliphatic carbocycles. The van der Waals surface area contributed by atoms with Crippen LogP contribution in [0.3, 0.4) is 0 Å². The molecule has 1 amide bonds. The predicted molar refractivity (Wildman–Crippen MR) is 80.1 cm³/mol. The van der Waals surface area contributed by atoms with E-state index in [-0.39, 0.29) is 5.91 Å². The van der Waals surface area contributed by atoms with Gasteiger partial charge in [0.05, 0.1) is 5.56 Å². The Labute approximate surface area is 123 Å². The van der Waals surface area contributed by atoms with E-state index in [0.29, 0.717) is 11.3 Å². The molecule has 3 N–H and O–H groups in total. The number of nitrogens with one attached hydrogen (secondary N) is 1. The highest BCUT2D eigenvalue weighted by molar-refractivity contribution is 8.03. The van der Waals surface area contributed by atoms with Gasteiger partial charge in [-0.25, -0.2) is 0 Å². The summed E-state index contributed by atoms with van der Waals surface area (Å²) in [5.41, 5.74) is 6.97. The Hall–Kier alpha value is -1.25. The van der Waals surface area contributed by atoms with E-state index in [1.807, 2.05) is 6.26 Å². The number of carbonyl (C=O) groups excluding carboxylic acids is 1. The first-order valence-corrected chi connectivity index (χ1v) is 8.16. The molecule has 0 bridgehead atoms. The topological polar surface area (TPSA) is 80.9 Å². The quantitative estimate of drug-likeness (QED) is 0.666. The van der Waals surface area contributed by atoms with Crippen LogP contribution in [0.5, 0.6) is 0 Å². The maximum Gasteiger partial charge on any atom is 0.252 e. The van der Waals surface area contributed by atoms with Gasteiger partial charge in [-0.2, -0.15) is 0 Å². The van der Waals surface area contributed by atoms with Crippen LogP contribution in [0.25, 0.3) is 0 Å². The number of nitrogens with zero attached hydrogens (tertiary/aromatic N) is 2. The van der Waals surface area contributed by atoms with E-state index >= 15 is 0 Å². The third kappa shape index (κ3) is 3.40. The summed E-state index contributed by atoms with van der Waals surface area (Å²) in [6, 6.07) is 5.20. The summed E-state index contributed by atoms with van der Waals surface area (Å²) in [5.74, 6) is -0.142. The summed E-state index contributed by atoms with van der Waals surface area (Å²) in [6.45, 7) is 0. The van der Waals surface area contributed by atoms with Crippen LogP contribution in [-0.2, 0) is 0 Å². The van der Waals surface area contributed by atoms with Crippen molar-refractivity contribution < 1.29 is 4.79 Å². The van der Waals surface area contributed by atoms with Gasteiger partial charge in [0.25, 0.3) is 5.91 Å². The van der Waals surface area contributed by atoms with E-state index in [2.05, 4.69) is 15.5 Å². The smallest absolute Gasteiger partial charge is 0.252 e. The number of rotatable bonds is 4. The molecule has 0 aliphatic heterocycles. The van der Waals surface area contributed by atoms with Crippen molar-refractivity contribution in [2.45, 2.75) is 13.6 Å². The lowest BCUT2D eigenvalue weighted by Gasteiger charge is -2.07. The Morgan fingerprint density at radius 1 is 1.37 bits per heavy atom. The minimum atomic E-state index is -0.142. The number of aromatic nitrogens is 2. The molecule has 19 heavy (non-hydrogen) atoms. The van der Waals surface area contributed by atoms with Gasteiger partial charge >= 0.3 is 0 Å². The van der Waals surface area contributed by atoms with Crippen LogP contribution in [0.15, 0.2) is 31.8 Å². The fourth-order valence-corrected chi connectivity index (χ4v) is 3.93. The second kappa shape index (κ2) is 6.27. The average molecular weight is 312 g/mol. The van der Waals surface area contributed by atoms with E-state index in [9.17, 15) is 4.79 Å². The predicted octanol–water partition coefficient (Wildman–Crippen LogP) is 2.35. The number of carbonyl (C=O) groups is 1. The van der Waals surface area contributed by atoms with Gasteiger partial charge in [0.15, 0.2) is 8.68 Å². The molecular weight excluding hydrogens is 300 g/mol. The third-order valence-electron chi connectivity index (χ3n) is 2.24. The molecule has 1 aromatic heterocycles. The van der Waals surface area contributed by atoms with Crippen molar-refractivity contribution in [1.29, 1.82) is 0 Å². The van der Waals surface area contributed by atoms with E-state index in [1.165, 1.54) is 23.1 Å². The van der Waals surface area contributed by atoms with Crippen LogP contribution in [-0.4, -0.2) is 29.4 Å². The number of anilines is 1. The molecule has 2 rings (SSSR count). The molecule has 0 atom stereocenters. The highest BCUT2D eigenvalue weighted by Gasteiger charge is 2.14. The van der Waals surface area contributed by atoms with E-state index in [0.717, 1.165) is 13.6 Å². The van der Waals surface area contributed by atoms with Crippen molar-refractivity contribution in [2.75, 3.05) is 19.0 Å². The molecule has 5 nitrogen and oxygen atoms in total. The fourth-order valence-electron chi connectivity index (χ4n) is 1.36. The van der Waals surface area contributed by atoms with Crippen molar-refractivity contribution in [1.82, 2.24) is 15.5 Å². The highest BCUT2D eigenvalue weighted by Crippen LogP contribution is 2.35. The fraction of sp³-hybridized carbons (Fsp3) is 0.182. The van der Waals surface area contributed by atoms with Crippen LogP contribution in [0.2, 0.25) is 0 Å². The minimum Gasteiger partial charge on any atom is -0.399 e. The molecule has 2 aromatic rings. The van der Waals surface area contributed by atoms with Crippen LogP contribution >= 0.6 is 34.9 Å². The van der Waals surface area contributed by atoms with Crippen LogP contribution in [0, 0.1) is 0 Å². The monoisotopic (exact) mass is 312 g/mol. The Morgan fingerprint density at radius 2 is 2.11 bits per heavy atom. The molecule has 0 saturated heterocycles. The molecule has 0 saturated carbocycles. The van der Waals surface area contributed by atoms with E-state index in [1.54, 1.807) is 37.0 Å². The van der Waals surface area contributed by atoms with Gasteiger partial charge in [-0.3, -0.25) is 4.79 Å². The number of nitrogen functional groups attached to an aromatic ring is 1. The Balaban J connectivity index is 2.32. The standard InChI is InChI=1S/C11H12N4OS3/c1-13-9(16)7-4-3-6(12)5-8(7)18-11-15-14-10(17-2)19-11/h3-5H,12H2,1-2H3,(H,13,16). The molecule has 0 radical (unpaired) electrons. The van der Waals surface area contributed by atoms with Gasteiger partial charge in [-0.1, -0.05) is 34.9 Å². The molecule has 0 aliphatic rings. The number of nitrogens with two attached hydrogens (primary N) is 1. The number of hydrogen-bond acceptors (Lipinski definition) is 7.